The molecule has 2 aromatic carbocycles. The molecule has 0 aliphatic carbocycles. The van der Waals surface area contributed by atoms with E-state index in [4.69, 9.17) is 37.4 Å². The molecule has 0 saturated carbocycles. The number of sulfonamides is 1. The van der Waals surface area contributed by atoms with Crippen molar-refractivity contribution in [2.75, 3.05) is 31.5 Å². The molecule has 1 aliphatic rings. The van der Waals surface area contributed by atoms with E-state index in [-0.39, 0.29) is 25.7 Å². The Morgan fingerprint density at radius 3 is 2.67 bits per heavy atom. The minimum atomic E-state index is -4.12. The van der Waals surface area contributed by atoms with Gasteiger partial charge in [-0.05, 0) is 57.0 Å². The van der Waals surface area contributed by atoms with Crippen molar-refractivity contribution in [1.82, 2.24) is 9.88 Å². The summed E-state index contributed by atoms with van der Waals surface area (Å²) < 4.78 is 60.4. The molecule has 13 heteroatoms. The maximum Gasteiger partial charge on any atom is 0.265 e. The van der Waals surface area contributed by atoms with Crippen molar-refractivity contribution in [2.24, 2.45) is 0 Å². The first-order chi connectivity index (χ1) is 20.2. The fourth-order valence-electron chi connectivity index (χ4n) is 4.94. The van der Waals surface area contributed by atoms with E-state index in [1.165, 1.54) is 36.8 Å². The van der Waals surface area contributed by atoms with Gasteiger partial charge in [-0.2, -0.15) is 0 Å². The zero-order valence-electron chi connectivity index (χ0n) is 23.0. The van der Waals surface area contributed by atoms with Gasteiger partial charge in [0.15, 0.2) is 23.1 Å². The lowest BCUT2D eigenvalue weighted by molar-refractivity contribution is 0.148. The summed E-state index contributed by atoms with van der Waals surface area (Å²) in [6.45, 7) is 4.92. The van der Waals surface area contributed by atoms with E-state index in [1.54, 1.807) is 31.5 Å². The minimum Gasteiger partial charge on any atom is -0.493 e. The standard InChI is InChI=1S/C29H30Cl2FN3O5S2/c1-18-6-3-4-11-35(18)12-5-13-39-27-16-23-20(15-26(27)38-2)24(9-10-33-23)40-25-8-7-19(14-22(25)32)34-42(36,37)28-21(30)17-41-29(28)31/h7-10,14-18,34H,3-6,11-13H2,1-2H3. The molecule has 1 unspecified atom stereocenters. The molecule has 0 amide bonds. The Morgan fingerprint density at radius 2 is 1.95 bits per heavy atom. The number of nitrogens with one attached hydrogen (secondary N) is 1. The van der Waals surface area contributed by atoms with Crippen LogP contribution in [0.3, 0.4) is 0 Å². The number of pyridine rings is 1. The third-order valence-electron chi connectivity index (χ3n) is 7.11. The first-order valence-corrected chi connectivity index (χ1v) is 16.5. The molecule has 5 rings (SSSR count). The van der Waals surface area contributed by atoms with Gasteiger partial charge in [0, 0.05) is 41.7 Å². The van der Waals surface area contributed by atoms with Gasteiger partial charge in [0.2, 0.25) is 0 Å². The van der Waals surface area contributed by atoms with E-state index in [0.717, 1.165) is 36.9 Å². The maximum atomic E-state index is 15.1. The topological polar surface area (TPSA) is 90.0 Å². The SMILES string of the molecule is COc1cc2c(Oc3ccc(NS(=O)(=O)c4c(Cl)csc4Cl)cc3F)ccnc2cc1OCCCN1CCCCC1C. The first kappa shape index (κ1) is 30.6. The summed E-state index contributed by atoms with van der Waals surface area (Å²) in [5.41, 5.74) is 0.568. The van der Waals surface area contributed by atoms with Crippen LogP contribution in [-0.2, 0) is 10.0 Å². The summed E-state index contributed by atoms with van der Waals surface area (Å²) in [6, 6.07) is 9.46. The van der Waals surface area contributed by atoms with Crippen LogP contribution in [0, 0.1) is 5.82 Å². The van der Waals surface area contributed by atoms with Crippen LogP contribution in [0.25, 0.3) is 10.9 Å². The fourth-order valence-corrected chi connectivity index (χ4v) is 8.27. The van der Waals surface area contributed by atoms with Gasteiger partial charge in [0.05, 0.1) is 29.9 Å². The molecule has 3 heterocycles. The average Bonchev–Trinajstić information content (AvgIpc) is 3.31. The number of anilines is 1. The summed E-state index contributed by atoms with van der Waals surface area (Å²) in [7, 11) is -2.57. The summed E-state index contributed by atoms with van der Waals surface area (Å²) in [5.74, 6) is 0.520. The van der Waals surface area contributed by atoms with E-state index >= 15 is 4.39 Å². The summed E-state index contributed by atoms with van der Waals surface area (Å²) in [5, 5.41) is 1.99. The van der Waals surface area contributed by atoms with E-state index in [1.807, 2.05) is 0 Å². The molecule has 1 saturated heterocycles. The smallest absolute Gasteiger partial charge is 0.265 e. The second kappa shape index (κ2) is 13.2. The maximum absolute atomic E-state index is 15.1. The molecule has 0 spiro atoms. The fraction of sp³-hybridized carbons (Fsp3) is 0.345. The minimum absolute atomic E-state index is 0.00793. The number of ether oxygens (including phenoxy) is 3. The van der Waals surface area contributed by atoms with Crippen LogP contribution in [0.4, 0.5) is 10.1 Å². The highest BCUT2D eigenvalue weighted by Crippen LogP contribution is 2.39. The monoisotopic (exact) mass is 653 g/mol. The van der Waals surface area contributed by atoms with Gasteiger partial charge >= 0.3 is 0 Å². The van der Waals surface area contributed by atoms with E-state index in [0.29, 0.717) is 40.8 Å². The number of hydrogen-bond donors (Lipinski definition) is 1. The number of methoxy groups -OCH3 is 1. The Morgan fingerprint density at radius 1 is 1.12 bits per heavy atom. The molecule has 42 heavy (non-hydrogen) atoms. The van der Waals surface area contributed by atoms with Gasteiger partial charge in [-0.25, -0.2) is 12.8 Å². The predicted molar refractivity (Wildman–Crippen MR) is 165 cm³/mol. The molecular formula is C29H30Cl2FN3O5S2. The summed E-state index contributed by atoms with van der Waals surface area (Å²) >= 11 is 12.9. The Labute approximate surface area is 258 Å². The number of piperidine rings is 1. The Bertz CT molecular complexity index is 1670. The number of halogens is 3. The van der Waals surface area contributed by atoms with Crippen molar-refractivity contribution in [3.63, 3.8) is 0 Å². The van der Waals surface area contributed by atoms with E-state index in [2.05, 4.69) is 21.5 Å². The second-order valence-electron chi connectivity index (χ2n) is 9.95. The second-order valence-corrected chi connectivity index (χ2v) is 13.5. The van der Waals surface area contributed by atoms with Gasteiger partial charge in [0.1, 0.15) is 15.0 Å². The largest absolute Gasteiger partial charge is 0.493 e. The van der Waals surface area contributed by atoms with Gasteiger partial charge < -0.3 is 19.1 Å². The van der Waals surface area contributed by atoms with E-state index < -0.39 is 15.8 Å². The highest BCUT2D eigenvalue weighted by atomic mass is 35.5. The number of rotatable bonds is 11. The van der Waals surface area contributed by atoms with Crippen LogP contribution < -0.4 is 18.9 Å². The third kappa shape index (κ3) is 6.86. The van der Waals surface area contributed by atoms with Crippen LogP contribution >= 0.6 is 34.5 Å². The van der Waals surface area contributed by atoms with Crippen LogP contribution in [0.15, 0.2) is 52.9 Å². The van der Waals surface area contributed by atoms with Gasteiger partial charge in [-0.3, -0.25) is 9.71 Å². The van der Waals surface area contributed by atoms with Crippen molar-refractivity contribution >= 4 is 61.2 Å². The molecular weight excluding hydrogens is 624 g/mol. The normalized spacial score (nSPS) is 16.0. The molecule has 8 nitrogen and oxygen atoms in total. The van der Waals surface area contributed by atoms with E-state index in [9.17, 15) is 8.42 Å². The molecule has 4 aromatic rings. The number of benzene rings is 2. The zero-order chi connectivity index (χ0) is 29.9. The Balaban J connectivity index is 1.30. The lowest BCUT2D eigenvalue weighted by Crippen LogP contribution is -2.38. The number of likely N-dealkylation sites (tertiary alicyclic amines) is 1. The molecule has 1 fully saturated rings. The molecule has 1 atom stereocenters. The van der Waals surface area contributed by atoms with Crippen molar-refractivity contribution in [1.29, 1.82) is 0 Å². The number of fused-ring (bicyclic) bond motifs is 1. The third-order valence-corrected chi connectivity index (χ3v) is 10.6. The number of aromatic nitrogens is 1. The quantitative estimate of drug-likeness (QED) is 0.164. The van der Waals surface area contributed by atoms with Crippen molar-refractivity contribution in [3.05, 3.63) is 63.2 Å². The number of nitrogens with zero attached hydrogens (tertiary/aromatic N) is 2. The molecule has 2 aromatic heterocycles. The van der Waals surface area contributed by atoms with Crippen LogP contribution in [-0.4, -0.2) is 51.1 Å². The van der Waals surface area contributed by atoms with Crippen LogP contribution in [0.5, 0.6) is 23.0 Å². The first-order valence-electron chi connectivity index (χ1n) is 13.4. The molecule has 1 N–H and O–H groups in total. The van der Waals surface area contributed by atoms with Crippen LogP contribution in [0.1, 0.15) is 32.6 Å². The molecule has 1 aliphatic heterocycles. The highest BCUT2D eigenvalue weighted by Gasteiger charge is 2.24. The summed E-state index contributed by atoms with van der Waals surface area (Å²) in [6.07, 6.45) is 6.22. The van der Waals surface area contributed by atoms with Crippen molar-refractivity contribution in [2.45, 2.75) is 43.5 Å². The Kier molecular flexibility index (Phi) is 9.64. The highest BCUT2D eigenvalue weighted by molar-refractivity contribution is 7.93. The van der Waals surface area contributed by atoms with Crippen molar-refractivity contribution < 1.29 is 27.0 Å². The lowest BCUT2D eigenvalue weighted by atomic mass is 10.0. The van der Waals surface area contributed by atoms with Gasteiger partial charge in [-0.15, -0.1) is 11.3 Å². The molecule has 224 valence electrons. The van der Waals surface area contributed by atoms with Crippen molar-refractivity contribution in [3.8, 4) is 23.0 Å². The van der Waals surface area contributed by atoms with Gasteiger partial charge in [0.25, 0.3) is 10.0 Å². The lowest BCUT2D eigenvalue weighted by Gasteiger charge is -2.33. The van der Waals surface area contributed by atoms with Gasteiger partial charge in [-0.1, -0.05) is 29.6 Å². The predicted octanol–water partition coefficient (Wildman–Crippen LogP) is 7.99. The number of hydrogen-bond acceptors (Lipinski definition) is 8. The summed E-state index contributed by atoms with van der Waals surface area (Å²) in [4.78, 5) is 6.68. The molecule has 0 radical (unpaired) electrons. The molecule has 0 bridgehead atoms. The average molecular weight is 655 g/mol. The number of thiophene rings is 1. The Hall–Kier alpha value is -2.83. The van der Waals surface area contributed by atoms with Crippen LogP contribution in [0.2, 0.25) is 9.36 Å². The zero-order valence-corrected chi connectivity index (χ0v) is 26.2.